The molecule has 0 fully saturated rings. The van der Waals surface area contributed by atoms with E-state index < -0.39 is 22.3 Å². The van der Waals surface area contributed by atoms with Crippen LogP contribution in [-0.4, -0.2) is 14.2 Å². The second-order valence-corrected chi connectivity index (χ2v) is 6.97. The van der Waals surface area contributed by atoms with Gasteiger partial charge in [-0.2, -0.15) is 0 Å². The summed E-state index contributed by atoms with van der Waals surface area (Å²) in [6.45, 7) is 11.3. The van der Waals surface area contributed by atoms with Crippen LogP contribution in [0.25, 0.3) is 0 Å². The van der Waals surface area contributed by atoms with E-state index in [0.717, 1.165) is 0 Å². The molecule has 0 unspecified atom stereocenters. The molecule has 0 amide bonds. The molecule has 0 aliphatic rings. The topological polar surface area (TPSA) is 61.4 Å². The molecule has 0 spiro atoms. The van der Waals surface area contributed by atoms with E-state index in [9.17, 15) is 10.2 Å². The van der Waals surface area contributed by atoms with Crippen LogP contribution in [0.1, 0.15) is 52.7 Å². The van der Waals surface area contributed by atoms with Gasteiger partial charge in [0.1, 0.15) is 0 Å². The molecule has 0 heterocycles. The molecule has 0 saturated carbocycles. The van der Waals surface area contributed by atoms with E-state index in [0.29, 0.717) is 22.6 Å². The Balaban J connectivity index is 3.92. The van der Waals surface area contributed by atoms with Gasteiger partial charge in [0.15, 0.2) is 17.2 Å². The first kappa shape index (κ1) is 16.5. The number of rotatable bonds is 2. The van der Waals surface area contributed by atoms with Gasteiger partial charge in [-0.1, -0.05) is 47.3 Å². The average molecular weight is 280 g/mol. The molecule has 1 rings (SSSR count). The van der Waals surface area contributed by atoms with Gasteiger partial charge in [0.05, 0.1) is 19.8 Å². The van der Waals surface area contributed by atoms with Crippen molar-refractivity contribution in [1.82, 2.24) is 0 Å². The summed E-state index contributed by atoms with van der Waals surface area (Å²) < 4.78 is 10.8. The zero-order valence-electron chi connectivity index (χ0n) is 13.6. The Bertz CT molecular complexity index is 458. The Morgan fingerprint density at radius 1 is 0.800 bits per heavy atom. The first-order valence-electron chi connectivity index (χ1n) is 6.63. The molecule has 1 aromatic carbocycles. The molecular formula is C16H24O4-. The van der Waals surface area contributed by atoms with Crippen molar-refractivity contribution in [2.75, 3.05) is 14.2 Å². The standard InChI is InChI=1S/C16H25O4/c1-15(2,3)9-11(17)12(18)10(16(4,5)6)14(20-8)13(9)19-7/h17H,1-8H3/p-1. The number of hydrogen-bond acceptors (Lipinski definition) is 3. The highest BCUT2D eigenvalue weighted by molar-refractivity contribution is 5.68. The van der Waals surface area contributed by atoms with Crippen molar-refractivity contribution in [2.24, 2.45) is 0 Å². The molecule has 1 radical (unpaired) electrons. The molecule has 0 bridgehead atoms. The Morgan fingerprint density at radius 2 is 1.15 bits per heavy atom. The Morgan fingerprint density at radius 3 is 1.45 bits per heavy atom. The Kier molecular flexibility index (Phi) is 4.18. The van der Waals surface area contributed by atoms with Gasteiger partial charge < -0.3 is 14.6 Å². The van der Waals surface area contributed by atoms with Crippen molar-refractivity contribution < 1.29 is 19.7 Å². The van der Waals surface area contributed by atoms with E-state index in [1.807, 2.05) is 41.5 Å². The Labute approximate surface area is 121 Å². The zero-order valence-corrected chi connectivity index (χ0v) is 13.6. The van der Waals surface area contributed by atoms with E-state index in [1.54, 1.807) is 0 Å². The molecule has 0 saturated heterocycles. The minimum absolute atomic E-state index is 0.370. The van der Waals surface area contributed by atoms with Gasteiger partial charge in [-0.05, 0) is 16.4 Å². The SMILES string of the molecule is COc1c(OC)c(C(C)(C)C)c([O-])c([O])c1C(C)(C)C. The first-order chi connectivity index (χ1) is 8.96. The van der Waals surface area contributed by atoms with Crippen molar-refractivity contribution in [3.8, 4) is 23.0 Å². The molecule has 4 heteroatoms. The lowest BCUT2D eigenvalue weighted by atomic mass is 9.79. The normalized spacial score (nSPS) is 12.4. The van der Waals surface area contributed by atoms with Crippen molar-refractivity contribution in [3.63, 3.8) is 0 Å². The fourth-order valence-corrected chi connectivity index (χ4v) is 2.41. The van der Waals surface area contributed by atoms with E-state index in [-0.39, 0.29) is 0 Å². The van der Waals surface area contributed by atoms with Crippen molar-refractivity contribution >= 4 is 0 Å². The van der Waals surface area contributed by atoms with Crippen LogP contribution in [0.2, 0.25) is 0 Å². The smallest absolute Gasteiger partial charge is 0.178 e. The summed E-state index contributed by atoms with van der Waals surface area (Å²) in [6.07, 6.45) is 0. The minimum atomic E-state index is -0.500. The average Bonchev–Trinajstić information content (AvgIpc) is 2.27. The van der Waals surface area contributed by atoms with Gasteiger partial charge in [-0.25, -0.2) is 0 Å². The maximum absolute atomic E-state index is 12.5. The monoisotopic (exact) mass is 280 g/mol. The molecule has 0 aliphatic carbocycles. The van der Waals surface area contributed by atoms with Crippen molar-refractivity contribution in [2.45, 2.75) is 52.4 Å². The zero-order chi connectivity index (χ0) is 15.9. The predicted molar refractivity (Wildman–Crippen MR) is 76.5 cm³/mol. The summed E-state index contributed by atoms with van der Waals surface area (Å²) in [4.78, 5) is 0. The summed E-state index contributed by atoms with van der Waals surface area (Å²) in [5.41, 5.74) is -0.249. The summed E-state index contributed by atoms with van der Waals surface area (Å²) in [5, 5.41) is 25.0. The highest BCUT2D eigenvalue weighted by Gasteiger charge is 2.33. The molecule has 1 aromatic rings. The fraction of sp³-hybridized carbons (Fsp3) is 0.625. The van der Waals surface area contributed by atoms with Gasteiger partial charge >= 0.3 is 0 Å². The molecule has 113 valence electrons. The third-order valence-electron chi connectivity index (χ3n) is 3.23. The van der Waals surface area contributed by atoms with Crippen LogP contribution >= 0.6 is 0 Å². The first-order valence-corrected chi connectivity index (χ1v) is 6.63. The number of hydrogen-bond donors (Lipinski definition) is 0. The van der Waals surface area contributed by atoms with Crippen LogP contribution in [0, 0.1) is 0 Å². The van der Waals surface area contributed by atoms with Crippen LogP contribution in [0.5, 0.6) is 23.0 Å². The Hall–Kier alpha value is -1.58. The van der Waals surface area contributed by atoms with E-state index in [4.69, 9.17) is 9.47 Å². The molecule has 0 aliphatic heterocycles. The molecule has 20 heavy (non-hydrogen) atoms. The summed E-state index contributed by atoms with van der Waals surface area (Å²) in [6, 6.07) is 0. The third kappa shape index (κ3) is 2.65. The highest BCUT2D eigenvalue weighted by Crippen LogP contribution is 2.54. The van der Waals surface area contributed by atoms with Crippen molar-refractivity contribution in [1.29, 1.82) is 0 Å². The maximum atomic E-state index is 12.5. The maximum Gasteiger partial charge on any atom is 0.178 e. The summed E-state index contributed by atoms with van der Waals surface area (Å²) >= 11 is 0. The lowest BCUT2D eigenvalue weighted by Crippen LogP contribution is -2.21. The highest BCUT2D eigenvalue weighted by atomic mass is 16.5. The predicted octanol–water partition coefficient (Wildman–Crippen LogP) is 3.52. The van der Waals surface area contributed by atoms with Crippen LogP contribution in [0.15, 0.2) is 0 Å². The van der Waals surface area contributed by atoms with Gasteiger partial charge in [0.2, 0.25) is 0 Å². The minimum Gasteiger partial charge on any atom is -0.870 e. The van der Waals surface area contributed by atoms with Crippen LogP contribution in [0.3, 0.4) is 0 Å². The molecule has 0 aromatic heterocycles. The van der Waals surface area contributed by atoms with Crippen LogP contribution in [-0.2, 0) is 15.9 Å². The lowest BCUT2D eigenvalue weighted by Gasteiger charge is -2.33. The van der Waals surface area contributed by atoms with Gasteiger partial charge in [-0.3, -0.25) is 5.11 Å². The quantitative estimate of drug-likeness (QED) is 0.832. The van der Waals surface area contributed by atoms with Crippen LogP contribution in [0.4, 0.5) is 0 Å². The number of ether oxygens (including phenoxy) is 2. The lowest BCUT2D eigenvalue weighted by molar-refractivity contribution is -0.273. The molecule has 0 atom stereocenters. The van der Waals surface area contributed by atoms with E-state index in [1.165, 1.54) is 14.2 Å². The molecule has 0 N–H and O–H groups in total. The summed E-state index contributed by atoms with van der Waals surface area (Å²) in [5.74, 6) is -0.260. The van der Waals surface area contributed by atoms with Crippen LogP contribution < -0.4 is 14.6 Å². The van der Waals surface area contributed by atoms with Gasteiger partial charge in [0, 0.05) is 0 Å². The third-order valence-corrected chi connectivity index (χ3v) is 3.23. The molecular weight excluding hydrogens is 256 g/mol. The summed E-state index contributed by atoms with van der Waals surface area (Å²) in [7, 11) is 2.98. The second kappa shape index (κ2) is 5.08. The largest absolute Gasteiger partial charge is 0.870 e. The molecule has 4 nitrogen and oxygen atoms in total. The number of benzene rings is 1. The van der Waals surface area contributed by atoms with Crippen molar-refractivity contribution in [3.05, 3.63) is 11.1 Å². The van der Waals surface area contributed by atoms with E-state index >= 15 is 0 Å². The second-order valence-electron chi connectivity index (χ2n) is 6.97. The van der Waals surface area contributed by atoms with E-state index in [2.05, 4.69) is 0 Å². The number of methoxy groups -OCH3 is 2. The van der Waals surface area contributed by atoms with Gasteiger partial charge in [-0.15, -0.1) is 0 Å². The fourth-order valence-electron chi connectivity index (χ4n) is 2.41. The van der Waals surface area contributed by atoms with Gasteiger partial charge in [0.25, 0.3) is 0 Å².